The molecule has 0 aliphatic rings. The van der Waals surface area contributed by atoms with E-state index in [0.29, 0.717) is 6.42 Å². The van der Waals surface area contributed by atoms with Gasteiger partial charge >= 0.3 is 0 Å². The zero-order valence-electron chi connectivity index (χ0n) is 9.50. The topological polar surface area (TPSA) is 60.7 Å². The van der Waals surface area contributed by atoms with Crippen LogP contribution in [0.4, 0.5) is 0 Å². The summed E-state index contributed by atoms with van der Waals surface area (Å²) in [6, 6.07) is 0. The number of allylic oxidation sites excluding steroid dienone is 4. The van der Waals surface area contributed by atoms with Gasteiger partial charge in [-0.3, -0.25) is 0 Å². The molecular weight excluding hydrogens is 216 g/mol. The van der Waals surface area contributed by atoms with E-state index < -0.39 is 6.10 Å². The van der Waals surface area contributed by atoms with Crippen LogP contribution in [0.15, 0.2) is 36.5 Å². The summed E-state index contributed by atoms with van der Waals surface area (Å²) < 4.78 is 0. The van der Waals surface area contributed by atoms with Crippen molar-refractivity contribution in [1.29, 1.82) is 0 Å². The molecule has 0 aliphatic heterocycles. The maximum absolute atomic E-state index is 9.21. The molecular formula is C14H16O3. The molecule has 0 aromatic heterocycles. The van der Waals surface area contributed by atoms with E-state index in [4.69, 9.17) is 10.2 Å². The number of hydrogen-bond donors (Lipinski definition) is 3. The minimum Gasteiger partial charge on any atom is -0.396 e. The lowest BCUT2D eigenvalue weighted by Crippen LogP contribution is -2.03. The van der Waals surface area contributed by atoms with Gasteiger partial charge in [0.1, 0.15) is 0 Å². The fourth-order valence-electron chi connectivity index (χ4n) is 0.792. The Kier molecular flexibility index (Phi) is 11.0. The molecule has 1 unspecified atom stereocenters. The minimum atomic E-state index is -0.624. The van der Waals surface area contributed by atoms with Gasteiger partial charge in [0, 0.05) is 6.61 Å². The van der Waals surface area contributed by atoms with E-state index in [1.54, 1.807) is 24.3 Å². The molecule has 0 aromatic rings. The van der Waals surface area contributed by atoms with Crippen LogP contribution in [-0.2, 0) is 0 Å². The summed E-state index contributed by atoms with van der Waals surface area (Å²) in [6.07, 6.45) is 9.28. The number of aliphatic hydroxyl groups is 3. The molecule has 1 atom stereocenters. The summed E-state index contributed by atoms with van der Waals surface area (Å²) in [6.45, 7) is -0.0606. The molecule has 3 heteroatoms. The van der Waals surface area contributed by atoms with Crippen LogP contribution in [0.3, 0.4) is 0 Å². The highest BCUT2D eigenvalue weighted by Crippen LogP contribution is 1.91. The molecule has 0 amide bonds. The Bertz CT molecular complexity index is 383. The fraction of sp³-hybridized carbons (Fsp3) is 0.286. The zero-order chi connectivity index (χ0) is 12.8. The van der Waals surface area contributed by atoms with Gasteiger partial charge in [0.05, 0.1) is 12.7 Å². The van der Waals surface area contributed by atoms with Crippen molar-refractivity contribution in [1.82, 2.24) is 0 Å². The van der Waals surface area contributed by atoms with Gasteiger partial charge in [-0.15, -0.1) is 0 Å². The summed E-state index contributed by atoms with van der Waals surface area (Å²) in [4.78, 5) is 0. The van der Waals surface area contributed by atoms with Gasteiger partial charge < -0.3 is 15.3 Å². The lowest BCUT2D eigenvalue weighted by atomic mass is 10.2. The van der Waals surface area contributed by atoms with Crippen LogP contribution in [0.25, 0.3) is 0 Å². The van der Waals surface area contributed by atoms with Crippen molar-refractivity contribution in [3.63, 3.8) is 0 Å². The van der Waals surface area contributed by atoms with E-state index in [-0.39, 0.29) is 13.2 Å². The molecule has 0 aliphatic carbocycles. The highest BCUT2D eigenvalue weighted by molar-refractivity contribution is 5.34. The second-order valence-corrected chi connectivity index (χ2v) is 2.95. The first kappa shape index (κ1) is 15.2. The molecule has 3 N–H and O–H groups in total. The number of rotatable bonds is 5. The van der Waals surface area contributed by atoms with Crippen LogP contribution < -0.4 is 0 Å². The third-order valence-corrected chi connectivity index (χ3v) is 1.56. The normalized spacial score (nSPS) is 12.4. The van der Waals surface area contributed by atoms with Gasteiger partial charge in [0.2, 0.25) is 0 Å². The van der Waals surface area contributed by atoms with Crippen LogP contribution >= 0.6 is 0 Å². The van der Waals surface area contributed by atoms with Crippen LogP contribution in [0.5, 0.6) is 0 Å². The Morgan fingerprint density at radius 1 is 1.00 bits per heavy atom. The molecule has 0 fully saturated rings. The standard InChI is InChI=1S/C14H16O3/c15-12-9-7-5-3-1-2-4-6-8-10-14(17)11-13-16/h4,6-10,14-17H,11-13H2. The Balaban J connectivity index is 3.90. The first-order chi connectivity index (χ1) is 8.31. The molecule has 0 bridgehead atoms. The average Bonchev–Trinajstić information content (AvgIpc) is 2.32. The molecule has 0 rings (SSSR count). The Labute approximate surface area is 102 Å². The van der Waals surface area contributed by atoms with Gasteiger partial charge in [-0.25, -0.2) is 0 Å². The van der Waals surface area contributed by atoms with E-state index in [9.17, 15) is 5.11 Å². The molecule has 0 radical (unpaired) electrons. The molecule has 90 valence electrons. The summed E-state index contributed by atoms with van der Waals surface area (Å²) in [5.74, 6) is 10.5. The smallest absolute Gasteiger partial charge is 0.0745 e. The second kappa shape index (κ2) is 12.3. The molecule has 17 heavy (non-hydrogen) atoms. The summed E-state index contributed by atoms with van der Waals surface area (Å²) in [5, 5.41) is 26.1. The Hall–Kier alpha value is -1.78. The van der Waals surface area contributed by atoms with Crippen molar-refractivity contribution in [2.24, 2.45) is 0 Å². The van der Waals surface area contributed by atoms with E-state index in [1.807, 2.05) is 0 Å². The maximum Gasteiger partial charge on any atom is 0.0745 e. The monoisotopic (exact) mass is 232 g/mol. The largest absolute Gasteiger partial charge is 0.396 e. The zero-order valence-corrected chi connectivity index (χ0v) is 9.50. The number of hydrogen-bond acceptors (Lipinski definition) is 3. The molecule has 0 saturated carbocycles. The average molecular weight is 232 g/mol. The van der Waals surface area contributed by atoms with E-state index >= 15 is 0 Å². The molecule has 0 spiro atoms. The molecule has 0 heterocycles. The lowest BCUT2D eigenvalue weighted by Gasteiger charge is -1.98. The van der Waals surface area contributed by atoms with Crippen LogP contribution in [-0.4, -0.2) is 34.6 Å². The van der Waals surface area contributed by atoms with Crippen molar-refractivity contribution in [2.75, 3.05) is 13.2 Å². The summed E-state index contributed by atoms with van der Waals surface area (Å²) in [5.41, 5.74) is 0. The van der Waals surface area contributed by atoms with Gasteiger partial charge in [0.25, 0.3) is 0 Å². The summed E-state index contributed by atoms with van der Waals surface area (Å²) >= 11 is 0. The predicted octanol–water partition coefficient (Wildman–Crippen LogP) is 0.397. The third-order valence-electron chi connectivity index (χ3n) is 1.56. The van der Waals surface area contributed by atoms with Crippen LogP contribution in [0.2, 0.25) is 0 Å². The third kappa shape index (κ3) is 12.2. The van der Waals surface area contributed by atoms with Crippen molar-refractivity contribution in [2.45, 2.75) is 12.5 Å². The van der Waals surface area contributed by atoms with Gasteiger partial charge in [-0.1, -0.05) is 36.1 Å². The van der Waals surface area contributed by atoms with Crippen molar-refractivity contribution in [3.05, 3.63) is 36.5 Å². The number of aliphatic hydroxyl groups excluding tert-OH is 3. The van der Waals surface area contributed by atoms with Crippen LogP contribution in [0, 0.1) is 23.7 Å². The summed E-state index contributed by atoms with van der Waals surface area (Å²) in [7, 11) is 0. The van der Waals surface area contributed by atoms with E-state index in [2.05, 4.69) is 23.7 Å². The van der Waals surface area contributed by atoms with Crippen LogP contribution in [0.1, 0.15) is 6.42 Å². The van der Waals surface area contributed by atoms with E-state index in [0.717, 1.165) is 0 Å². The first-order valence-electron chi connectivity index (χ1n) is 5.20. The molecule has 3 nitrogen and oxygen atoms in total. The first-order valence-corrected chi connectivity index (χ1v) is 5.20. The van der Waals surface area contributed by atoms with Gasteiger partial charge in [-0.2, -0.15) is 0 Å². The lowest BCUT2D eigenvalue weighted by molar-refractivity contribution is 0.170. The highest BCUT2D eigenvalue weighted by atomic mass is 16.3. The van der Waals surface area contributed by atoms with Gasteiger partial charge in [-0.05, 0) is 30.4 Å². The fourth-order valence-corrected chi connectivity index (χ4v) is 0.792. The van der Waals surface area contributed by atoms with Crippen molar-refractivity contribution >= 4 is 0 Å². The van der Waals surface area contributed by atoms with Gasteiger partial charge in [0.15, 0.2) is 0 Å². The van der Waals surface area contributed by atoms with E-state index in [1.165, 1.54) is 12.2 Å². The minimum absolute atomic E-state index is 0.0248. The maximum atomic E-state index is 9.21. The Morgan fingerprint density at radius 2 is 1.71 bits per heavy atom. The second-order valence-electron chi connectivity index (χ2n) is 2.95. The SMILES string of the molecule is OCC=CC#CC#CC=CC=CC(O)CCO. The Morgan fingerprint density at radius 3 is 2.35 bits per heavy atom. The quantitative estimate of drug-likeness (QED) is 0.475. The molecule has 0 aromatic carbocycles. The highest BCUT2D eigenvalue weighted by Gasteiger charge is 1.93. The predicted molar refractivity (Wildman–Crippen MR) is 67.8 cm³/mol. The molecule has 0 saturated heterocycles. The van der Waals surface area contributed by atoms with Crippen molar-refractivity contribution < 1.29 is 15.3 Å². The van der Waals surface area contributed by atoms with Crippen molar-refractivity contribution in [3.8, 4) is 23.7 Å².